The first kappa shape index (κ1) is 15.0. The van der Waals surface area contributed by atoms with Gasteiger partial charge in [0.25, 0.3) is 0 Å². The number of carbonyl (C=O) groups excluding carboxylic acids is 1. The summed E-state index contributed by atoms with van der Waals surface area (Å²) in [5.41, 5.74) is 0.558. The summed E-state index contributed by atoms with van der Waals surface area (Å²) in [6.45, 7) is 1.69. The maximum absolute atomic E-state index is 11.6. The molecule has 1 aromatic rings. The van der Waals surface area contributed by atoms with E-state index in [1.807, 2.05) is 6.07 Å². The molecule has 0 spiro atoms. The van der Waals surface area contributed by atoms with Crippen molar-refractivity contribution in [2.24, 2.45) is 0 Å². The number of amides is 2. The number of halogens is 2. The van der Waals surface area contributed by atoms with Crippen molar-refractivity contribution in [1.29, 1.82) is 0 Å². The van der Waals surface area contributed by atoms with Gasteiger partial charge in [-0.15, -0.1) is 0 Å². The Morgan fingerprint density at radius 3 is 2.61 bits per heavy atom. The molecule has 0 saturated heterocycles. The smallest absolute Gasteiger partial charge is 0.326 e. The zero-order valence-electron chi connectivity index (χ0n) is 9.54. The lowest BCUT2D eigenvalue weighted by Crippen LogP contribution is -2.42. The highest BCUT2D eigenvalue weighted by molar-refractivity contribution is 9.11. The summed E-state index contributed by atoms with van der Waals surface area (Å²) in [5, 5.41) is 13.8. The maximum atomic E-state index is 11.6. The predicted octanol–water partition coefficient (Wildman–Crippen LogP) is 3.20. The first-order valence-corrected chi connectivity index (χ1v) is 6.78. The molecule has 0 radical (unpaired) electrons. The van der Waals surface area contributed by atoms with Gasteiger partial charge in [0.05, 0.1) is 5.69 Å². The topological polar surface area (TPSA) is 78.4 Å². The number of carboxylic acid groups (broad SMARTS) is 1. The first-order chi connectivity index (χ1) is 8.43. The van der Waals surface area contributed by atoms with E-state index in [4.69, 9.17) is 5.11 Å². The SMILES string of the molecule is CCC(NC(=O)Nc1cc(Br)ccc1Br)C(=O)O. The van der Waals surface area contributed by atoms with E-state index in [2.05, 4.69) is 42.5 Å². The highest BCUT2D eigenvalue weighted by Gasteiger charge is 2.17. The Bertz CT molecular complexity index is 466. The second kappa shape index (κ2) is 6.75. The summed E-state index contributed by atoms with van der Waals surface area (Å²) in [4.78, 5) is 22.4. The van der Waals surface area contributed by atoms with Crippen molar-refractivity contribution in [3.8, 4) is 0 Å². The van der Waals surface area contributed by atoms with Gasteiger partial charge < -0.3 is 15.7 Å². The Morgan fingerprint density at radius 2 is 2.06 bits per heavy atom. The lowest BCUT2D eigenvalue weighted by Gasteiger charge is -2.14. The van der Waals surface area contributed by atoms with Crippen molar-refractivity contribution in [3.63, 3.8) is 0 Å². The average Bonchev–Trinajstić information content (AvgIpc) is 2.30. The van der Waals surface area contributed by atoms with Gasteiger partial charge in [0, 0.05) is 8.95 Å². The predicted molar refractivity (Wildman–Crippen MR) is 75.7 cm³/mol. The molecule has 0 aromatic heterocycles. The molecule has 2 amide bonds. The van der Waals surface area contributed by atoms with Crippen molar-refractivity contribution in [2.45, 2.75) is 19.4 Å². The number of carbonyl (C=O) groups is 2. The van der Waals surface area contributed by atoms with Gasteiger partial charge in [-0.05, 0) is 40.5 Å². The van der Waals surface area contributed by atoms with E-state index in [9.17, 15) is 9.59 Å². The number of aliphatic carboxylic acids is 1. The number of benzene rings is 1. The minimum atomic E-state index is -1.05. The molecule has 0 fully saturated rings. The Hall–Kier alpha value is -1.08. The van der Waals surface area contributed by atoms with E-state index in [1.54, 1.807) is 19.1 Å². The molecule has 0 heterocycles. The van der Waals surface area contributed by atoms with Gasteiger partial charge in [0.15, 0.2) is 0 Å². The number of hydrogen-bond acceptors (Lipinski definition) is 2. The Balaban J connectivity index is 2.70. The lowest BCUT2D eigenvalue weighted by molar-refractivity contribution is -0.139. The molecule has 0 aliphatic rings. The second-order valence-corrected chi connectivity index (χ2v) is 5.29. The molecule has 7 heteroatoms. The average molecular weight is 380 g/mol. The third kappa shape index (κ3) is 4.30. The van der Waals surface area contributed by atoms with Crippen LogP contribution in [0, 0.1) is 0 Å². The van der Waals surface area contributed by atoms with E-state index in [-0.39, 0.29) is 0 Å². The molecule has 1 rings (SSSR count). The minimum absolute atomic E-state index is 0.322. The lowest BCUT2D eigenvalue weighted by atomic mass is 10.2. The number of carboxylic acids is 1. The number of urea groups is 1. The van der Waals surface area contributed by atoms with Gasteiger partial charge in [0.2, 0.25) is 0 Å². The second-order valence-electron chi connectivity index (χ2n) is 3.52. The zero-order valence-corrected chi connectivity index (χ0v) is 12.7. The van der Waals surface area contributed by atoms with E-state index in [1.165, 1.54) is 0 Å². The highest BCUT2D eigenvalue weighted by atomic mass is 79.9. The van der Waals surface area contributed by atoms with Crippen LogP contribution in [0.4, 0.5) is 10.5 Å². The molecule has 1 aromatic carbocycles. The standard InChI is InChI=1S/C11H12Br2N2O3/c1-2-8(10(16)17)14-11(18)15-9-5-6(12)3-4-7(9)13/h3-5,8H,2H2,1H3,(H,16,17)(H2,14,15,18). The highest BCUT2D eigenvalue weighted by Crippen LogP contribution is 2.25. The van der Waals surface area contributed by atoms with Crippen LogP contribution in [0.3, 0.4) is 0 Å². The van der Waals surface area contributed by atoms with Crippen LogP contribution < -0.4 is 10.6 Å². The summed E-state index contributed by atoms with van der Waals surface area (Å²) in [6, 6.07) is 3.86. The molecular weight excluding hydrogens is 368 g/mol. The summed E-state index contributed by atoms with van der Waals surface area (Å²) < 4.78 is 1.52. The molecule has 0 saturated carbocycles. The fourth-order valence-corrected chi connectivity index (χ4v) is 1.96. The monoisotopic (exact) mass is 378 g/mol. The van der Waals surface area contributed by atoms with Crippen LogP contribution in [0.15, 0.2) is 27.1 Å². The van der Waals surface area contributed by atoms with Crippen LogP contribution in [0.2, 0.25) is 0 Å². The molecule has 0 aliphatic carbocycles. The molecule has 18 heavy (non-hydrogen) atoms. The van der Waals surface area contributed by atoms with Crippen LogP contribution in [0.1, 0.15) is 13.3 Å². The maximum Gasteiger partial charge on any atom is 0.326 e. The third-order valence-electron chi connectivity index (χ3n) is 2.19. The minimum Gasteiger partial charge on any atom is -0.480 e. The normalized spacial score (nSPS) is 11.7. The summed E-state index contributed by atoms with van der Waals surface area (Å²) >= 11 is 6.58. The molecule has 0 aliphatic heterocycles. The van der Waals surface area contributed by atoms with Crippen molar-refractivity contribution >= 4 is 49.5 Å². The number of rotatable bonds is 4. The van der Waals surface area contributed by atoms with E-state index in [0.717, 1.165) is 4.47 Å². The van der Waals surface area contributed by atoms with Crippen LogP contribution >= 0.6 is 31.9 Å². The van der Waals surface area contributed by atoms with Crippen molar-refractivity contribution < 1.29 is 14.7 Å². The van der Waals surface area contributed by atoms with E-state index < -0.39 is 18.0 Å². The number of nitrogens with one attached hydrogen (secondary N) is 2. The fraction of sp³-hybridized carbons (Fsp3) is 0.273. The van der Waals surface area contributed by atoms with E-state index in [0.29, 0.717) is 16.6 Å². The molecule has 3 N–H and O–H groups in total. The van der Waals surface area contributed by atoms with Gasteiger partial charge in [-0.25, -0.2) is 9.59 Å². The zero-order chi connectivity index (χ0) is 13.7. The van der Waals surface area contributed by atoms with Gasteiger partial charge in [-0.2, -0.15) is 0 Å². The van der Waals surface area contributed by atoms with Gasteiger partial charge in [-0.3, -0.25) is 0 Å². The van der Waals surface area contributed by atoms with Crippen LogP contribution in [0.25, 0.3) is 0 Å². The summed E-state index contributed by atoms with van der Waals surface area (Å²) in [6.07, 6.45) is 0.322. The largest absolute Gasteiger partial charge is 0.480 e. The van der Waals surface area contributed by atoms with Crippen LogP contribution in [-0.4, -0.2) is 23.1 Å². The van der Waals surface area contributed by atoms with E-state index >= 15 is 0 Å². The Labute approximate surface area is 121 Å². The molecule has 5 nitrogen and oxygen atoms in total. The van der Waals surface area contributed by atoms with Crippen LogP contribution in [0.5, 0.6) is 0 Å². The number of anilines is 1. The molecule has 98 valence electrons. The van der Waals surface area contributed by atoms with Gasteiger partial charge in [-0.1, -0.05) is 22.9 Å². The fourth-order valence-electron chi connectivity index (χ4n) is 1.25. The Kier molecular flexibility index (Phi) is 5.61. The third-order valence-corrected chi connectivity index (χ3v) is 3.37. The quantitative estimate of drug-likeness (QED) is 0.751. The Morgan fingerprint density at radius 1 is 1.39 bits per heavy atom. The molecule has 1 atom stereocenters. The molecule has 1 unspecified atom stereocenters. The van der Waals surface area contributed by atoms with Gasteiger partial charge >= 0.3 is 12.0 Å². The molecular formula is C11H12Br2N2O3. The van der Waals surface area contributed by atoms with Crippen LogP contribution in [-0.2, 0) is 4.79 Å². The van der Waals surface area contributed by atoms with Crippen molar-refractivity contribution in [2.75, 3.05) is 5.32 Å². The first-order valence-electron chi connectivity index (χ1n) is 5.19. The van der Waals surface area contributed by atoms with Crippen molar-refractivity contribution in [3.05, 3.63) is 27.1 Å². The summed E-state index contributed by atoms with van der Waals surface area (Å²) in [7, 11) is 0. The molecule has 0 bridgehead atoms. The van der Waals surface area contributed by atoms with Gasteiger partial charge in [0.1, 0.15) is 6.04 Å². The van der Waals surface area contributed by atoms with Crippen molar-refractivity contribution in [1.82, 2.24) is 5.32 Å². The summed E-state index contributed by atoms with van der Waals surface area (Å²) in [5.74, 6) is -1.05. The number of hydrogen-bond donors (Lipinski definition) is 3.